The van der Waals surface area contributed by atoms with E-state index in [-0.39, 0.29) is 12.4 Å². The predicted octanol–water partition coefficient (Wildman–Crippen LogP) is 1.92. The summed E-state index contributed by atoms with van der Waals surface area (Å²) in [5, 5.41) is 0. The van der Waals surface area contributed by atoms with Crippen molar-refractivity contribution in [1.29, 1.82) is 0 Å². The molecule has 0 fully saturated rings. The maximum atomic E-state index is 11.0. The standard InChI is InChI=1S/C9H12N2O2.C2H6/c1-3-13-9(12)4-8-6-10-7(2)5-11-8;1-2/h5-6H,3-4H2,1-2H3;1-2H3. The van der Waals surface area contributed by atoms with Gasteiger partial charge in [0.25, 0.3) is 0 Å². The third kappa shape index (κ3) is 5.78. The van der Waals surface area contributed by atoms with Gasteiger partial charge in [-0.2, -0.15) is 0 Å². The summed E-state index contributed by atoms with van der Waals surface area (Å²) in [5.74, 6) is -0.263. The maximum absolute atomic E-state index is 11.0. The lowest BCUT2D eigenvalue weighted by atomic mass is 10.3. The molecule has 0 saturated heterocycles. The van der Waals surface area contributed by atoms with Gasteiger partial charge in [-0.1, -0.05) is 13.8 Å². The average molecular weight is 210 g/mol. The number of hydrogen-bond acceptors (Lipinski definition) is 4. The van der Waals surface area contributed by atoms with Gasteiger partial charge in [-0.15, -0.1) is 0 Å². The first kappa shape index (κ1) is 13.5. The van der Waals surface area contributed by atoms with Crippen molar-refractivity contribution in [2.24, 2.45) is 0 Å². The summed E-state index contributed by atoms with van der Waals surface area (Å²) in [5.41, 5.74) is 1.48. The van der Waals surface area contributed by atoms with Gasteiger partial charge in [-0.3, -0.25) is 14.8 Å². The van der Waals surface area contributed by atoms with Crippen molar-refractivity contribution in [3.63, 3.8) is 0 Å². The zero-order chi connectivity index (χ0) is 11.7. The monoisotopic (exact) mass is 210 g/mol. The van der Waals surface area contributed by atoms with Gasteiger partial charge < -0.3 is 4.74 Å². The Balaban J connectivity index is 0.000000921. The van der Waals surface area contributed by atoms with Crippen LogP contribution in [0.1, 0.15) is 32.2 Å². The Labute approximate surface area is 90.7 Å². The molecular weight excluding hydrogens is 192 g/mol. The topological polar surface area (TPSA) is 52.1 Å². The summed E-state index contributed by atoms with van der Waals surface area (Å²) in [6.45, 7) is 8.03. The van der Waals surface area contributed by atoms with Crippen LogP contribution in [0.3, 0.4) is 0 Å². The van der Waals surface area contributed by atoms with Crippen LogP contribution in [0.4, 0.5) is 0 Å². The van der Waals surface area contributed by atoms with Gasteiger partial charge in [0.2, 0.25) is 0 Å². The van der Waals surface area contributed by atoms with E-state index in [1.165, 1.54) is 0 Å². The van der Waals surface area contributed by atoms with Gasteiger partial charge in [0.05, 0.1) is 24.4 Å². The second kappa shape index (κ2) is 7.91. The van der Waals surface area contributed by atoms with E-state index in [0.717, 1.165) is 5.69 Å². The van der Waals surface area contributed by atoms with Gasteiger partial charge in [0, 0.05) is 12.4 Å². The van der Waals surface area contributed by atoms with Gasteiger partial charge in [-0.25, -0.2) is 0 Å². The zero-order valence-electron chi connectivity index (χ0n) is 9.78. The summed E-state index contributed by atoms with van der Waals surface area (Å²) in [7, 11) is 0. The van der Waals surface area contributed by atoms with Crippen molar-refractivity contribution in [1.82, 2.24) is 9.97 Å². The molecule has 1 aromatic rings. The molecule has 4 nitrogen and oxygen atoms in total. The number of carbonyl (C=O) groups excluding carboxylic acids is 1. The average Bonchev–Trinajstić information content (AvgIpc) is 2.25. The highest BCUT2D eigenvalue weighted by molar-refractivity contribution is 5.71. The number of aryl methyl sites for hydroxylation is 1. The summed E-state index contributed by atoms with van der Waals surface area (Å²) < 4.78 is 4.77. The molecule has 0 aliphatic heterocycles. The minimum absolute atomic E-state index is 0.196. The quantitative estimate of drug-likeness (QED) is 0.715. The van der Waals surface area contributed by atoms with E-state index in [4.69, 9.17) is 4.74 Å². The fraction of sp³-hybridized carbons (Fsp3) is 0.545. The second-order valence-electron chi connectivity index (χ2n) is 2.63. The summed E-state index contributed by atoms with van der Waals surface area (Å²) in [4.78, 5) is 19.1. The molecule has 0 aliphatic carbocycles. The smallest absolute Gasteiger partial charge is 0.311 e. The number of aromatic nitrogens is 2. The van der Waals surface area contributed by atoms with E-state index < -0.39 is 0 Å². The second-order valence-corrected chi connectivity index (χ2v) is 2.63. The Morgan fingerprint density at radius 2 is 2.00 bits per heavy atom. The fourth-order valence-corrected chi connectivity index (χ4v) is 0.871. The number of ether oxygens (including phenoxy) is 1. The molecule has 1 heterocycles. The third-order valence-electron chi connectivity index (χ3n) is 1.47. The van der Waals surface area contributed by atoms with Crippen LogP contribution in [-0.2, 0) is 16.0 Å². The number of esters is 1. The molecule has 1 rings (SSSR count). The lowest BCUT2D eigenvalue weighted by molar-refractivity contribution is -0.142. The van der Waals surface area contributed by atoms with Crippen LogP contribution in [0, 0.1) is 6.92 Å². The first-order valence-corrected chi connectivity index (χ1v) is 5.15. The van der Waals surface area contributed by atoms with Crippen LogP contribution in [-0.4, -0.2) is 22.5 Å². The molecule has 0 N–H and O–H groups in total. The highest BCUT2D eigenvalue weighted by atomic mass is 16.5. The van der Waals surface area contributed by atoms with Gasteiger partial charge in [-0.05, 0) is 13.8 Å². The molecule has 0 atom stereocenters. The van der Waals surface area contributed by atoms with Crippen LogP contribution < -0.4 is 0 Å². The van der Waals surface area contributed by atoms with E-state index in [1.54, 1.807) is 19.3 Å². The number of carbonyl (C=O) groups is 1. The van der Waals surface area contributed by atoms with E-state index in [9.17, 15) is 4.79 Å². The van der Waals surface area contributed by atoms with Crippen LogP contribution in [0.15, 0.2) is 12.4 Å². The molecule has 0 aliphatic rings. The molecule has 4 heteroatoms. The highest BCUT2D eigenvalue weighted by Crippen LogP contribution is 1.96. The number of nitrogens with zero attached hydrogens (tertiary/aromatic N) is 2. The molecule has 1 aromatic heterocycles. The summed E-state index contributed by atoms with van der Waals surface area (Å²) >= 11 is 0. The Morgan fingerprint density at radius 1 is 1.33 bits per heavy atom. The maximum Gasteiger partial charge on any atom is 0.311 e. The molecule has 0 radical (unpaired) electrons. The zero-order valence-corrected chi connectivity index (χ0v) is 9.78. The van der Waals surface area contributed by atoms with E-state index in [0.29, 0.717) is 12.3 Å². The predicted molar refractivity (Wildman–Crippen MR) is 58.5 cm³/mol. The molecule has 0 unspecified atom stereocenters. The van der Waals surface area contributed by atoms with Crippen molar-refractivity contribution in [2.75, 3.05) is 6.61 Å². The molecule has 0 amide bonds. The third-order valence-corrected chi connectivity index (χ3v) is 1.47. The first-order chi connectivity index (χ1) is 7.22. The Hall–Kier alpha value is -1.45. The molecule has 15 heavy (non-hydrogen) atoms. The molecule has 0 aromatic carbocycles. The lowest BCUT2D eigenvalue weighted by Gasteiger charge is -2.00. The van der Waals surface area contributed by atoms with Crippen molar-refractivity contribution >= 4 is 5.97 Å². The Morgan fingerprint density at radius 3 is 2.47 bits per heavy atom. The van der Waals surface area contributed by atoms with Crippen molar-refractivity contribution in [2.45, 2.75) is 34.1 Å². The molecule has 84 valence electrons. The van der Waals surface area contributed by atoms with Gasteiger partial charge >= 0.3 is 5.97 Å². The van der Waals surface area contributed by atoms with E-state index >= 15 is 0 Å². The van der Waals surface area contributed by atoms with Gasteiger partial charge in [0.15, 0.2) is 0 Å². The minimum Gasteiger partial charge on any atom is -0.466 e. The highest BCUT2D eigenvalue weighted by Gasteiger charge is 2.04. The van der Waals surface area contributed by atoms with Crippen LogP contribution in [0.2, 0.25) is 0 Å². The summed E-state index contributed by atoms with van der Waals surface area (Å²) in [6.07, 6.45) is 3.42. The SMILES string of the molecule is CC.CCOC(=O)Cc1cnc(C)cn1. The van der Waals surface area contributed by atoms with Gasteiger partial charge in [0.1, 0.15) is 0 Å². The lowest BCUT2D eigenvalue weighted by Crippen LogP contribution is -2.09. The summed E-state index contributed by atoms with van der Waals surface area (Å²) in [6, 6.07) is 0. The molecular formula is C11H18N2O2. The first-order valence-electron chi connectivity index (χ1n) is 5.15. The number of hydrogen-bond donors (Lipinski definition) is 0. The van der Waals surface area contributed by atoms with Crippen molar-refractivity contribution in [3.05, 3.63) is 23.8 Å². The minimum atomic E-state index is -0.263. The Kier molecular flexibility index (Phi) is 7.14. The van der Waals surface area contributed by atoms with Crippen LogP contribution >= 0.6 is 0 Å². The van der Waals surface area contributed by atoms with E-state index in [2.05, 4.69) is 9.97 Å². The number of rotatable bonds is 3. The van der Waals surface area contributed by atoms with Crippen LogP contribution in [0.5, 0.6) is 0 Å². The molecule has 0 bridgehead atoms. The van der Waals surface area contributed by atoms with Crippen LogP contribution in [0.25, 0.3) is 0 Å². The van der Waals surface area contributed by atoms with Crippen molar-refractivity contribution in [3.8, 4) is 0 Å². The largest absolute Gasteiger partial charge is 0.466 e. The van der Waals surface area contributed by atoms with Crippen molar-refractivity contribution < 1.29 is 9.53 Å². The Bertz CT molecular complexity index is 283. The molecule has 0 spiro atoms. The normalized spacial score (nSPS) is 8.80. The fourth-order valence-electron chi connectivity index (χ4n) is 0.871. The van der Waals surface area contributed by atoms with E-state index in [1.807, 2.05) is 20.8 Å². The molecule has 0 saturated carbocycles.